The van der Waals surface area contributed by atoms with E-state index in [0.29, 0.717) is 17.0 Å². The highest BCUT2D eigenvalue weighted by Gasteiger charge is 2.67. The van der Waals surface area contributed by atoms with Crippen molar-refractivity contribution in [3.8, 4) is 0 Å². The van der Waals surface area contributed by atoms with E-state index in [1.165, 1.54) is 22.7 Å². The van der Waals surface area contributed by atoms with Gasteiger partial charge in [-0.3, -0.25) is 9.59 Å². The number of amides is 2. The third kappa shape index (κ3) is 1.15. The first-order valence-corrected chi connectivity index (χ1v) is 7.84. The van der Waals surface area contributed by atoms with Gasteiger partial charge in [0.05, 0.1) is 11.8 Å². The summed E-state index contributed by atoms with van der Waals surface area (Å²) in [6, 6.07) is 0. The molecule has 0 unspecified atom stereocenters. The smallest absolute Gasteiger partial charge is 0.240 e. The number of allylic oxidation sites excluding steroid dienone is 2. The van der Waals surface area contributed by atoms with E-state index < -0.39 is 0 Å². The number of rotatable bonds is 1. The summed E-state index contributed by atoms with van der Waals surface area (Å²) in [5.41, 5.74) is 0. The number of aryl methyl sites for hydroxylation is 1. The standard InChI is InChI=1S/C14H13N3O2S/c1-5-15-16-14(20-5)17-12(18)10-6-2-3-7(9-4-8(6)9)11(10)13(17)19/h2-3,6-11H,4H2,1H3/t6-,7+,8-,9-,10+,11-/m1/s1. The zero-order chi connectivity index (χ0) is 13.6. The maximum absolute atomic E-state index is 12.7. The topological polar surface area (TPSA) is 63.2 Å². The largest absolute Gasteiger partial charge is 0.274 e. The fraction of sp³-hybridized carbons (Fsp3) is 0.571. The van der Waals surface area contributed by atoms with E-state index in [1.807, 2.05) is 6.92 Å². The molecular weight excluding hydrogens is 274 g/mol. The first-order chi connectivity index (χ1) is 9.66. The highest BCUT2D eigenvalue weighted by atomic mass is 32.1. The van der Waals surface area contributed by atoms with Crippen LogP contribution in [-0.4, -0.2) is 22.0 Å². The molecule has 1 aliphatic heterocycles. The molecular formula is C14H13N3O2S. The Hall–Kier alpha value is -1.56. The van der Waals surface area contributed by atoms with E-state index in [2.05, 4.69) is 22.3 Å². The molecule has 5 nitrogen and oxygen atoms in total. The van der Waals surface area contributed by atoms with E-state index in [4.69, 9.17) is 0 Å². The zero-order valence-corrected chi connectivity index (χ0v) is 11.7. The Morgan fingerprint density at radius 3 is 2.20 bits per heavy atom. The van der Waals surface area contributed by atoms with Gasteiger partial charge in [-0.05, 0) is 37.0 Å². The maximum atomic E-state index is 12.7. The van der Waals surface area contributed by atoms with Crippen molar-refractivity contribution in [1.29, 1.82) is 0 Å². The summed E-state index contributed by atoms with van der Waals surface area (Å²) >= 11 is 1.31. The molecule has 1 aromatic rings. The molecule has 0 aromatic carbocycles. The molecule has 4 aliphatic carbocycles. The van der Waals surface area contributed by atoms with Gasteiger partial charge in [-0.25, -0.2) is 4.90 Å². The van der Waals surface area contributed by atoms with Crippen LogP contribution in [0.25, 0.3) is 0 Å². The monoisotopic (exact) mass is 287 g/mol. The normalized spacial score (nSPS) is 44.0. The molecule has 1 aromatic heterocycles. The Morgan fingerprint density at radius 1 is 1.10 bits per heavy atom. The molecule has 20 heavy (non-hydrogen) atoms. The van der Waals surface area contributed by atoms with Crippen LogP contribution in [-0.2, 0) is 9.59 Å². The first kappa shape index (κ1) is 11.1. The van der Waals surface area contributed by atoms with Crippen molar-refractivity contribution in [2.45, 2.75) is 13.3 Å². The predicted molar refractivity (Wildman–Crippen MR) is 71.8 cm³/mol. The van der Waals surface area contributed by atoms with E-state index in [9.17, 15) is 9.59 Å². The summed E-state index contributed by atoms with van der Waals surface area (Å²) in [5.74, 6) is 1.41. The molecule has 0 spiro atoms. The van der Waals surface area contributed by atoms with Crippen LogP contribution in [0, 0.1) is 42.4 Å². The minimum atomic E-state index is -0.148. The molecule has 0 radical (unpaired) electrons. The predicted octanol–water partition coefficient (Wildman–Crippen LogP) is 1.40. The van der Waals surface area contributed by atoms with Gasteiger partial charge in [0, 0.05) is 0 Å². The summed E-state index contributed by atoms with van der Waals surface area (Å²) < 4.78 is 0. The Labute approximate surface area is 119 Å². The lowest BCUT2D eigenvalue weighted by molar-refractivity contribution is -0.124. The average molecular weight is 287 g/mol. The van der Waals surface area contributed by atoms with Crippen molar-refractivity contribution in [1.82, 2.24) is 10.2 Å². The zero-order valence-electron chi connectivity index (χ0n) is 10.9. The van der Waals surface area contributed by atoms with Crippen LogP contribution in [0.1, 0.15) is 11.4 Å². The number of anilines is 1. The SMILES string of the molecule is Cc1nnc(N2C(=O)[C@@H]3[C@H]4C=C[C@H]([C@H]5C[C@H]45)[C@@H]3C2=O)s1. The Morgan fingerprint density at radius 2 is 1.70 bits per heavy atom. The van der Waals surface area contributed by atoms with Gasteiger partial charge in [0.15, 0.2) is 0 Å². The number of carbonyl (C=O) groups excluding carboxylic acids is 2. The van der Waals surface area contributed by atoms with Crippen LogP contribution in [0.5, 0.6) is 0 Å². The molecule has 2 bridgehead atoms. The number of carbonyl (C=O) groups is 2. The molecule has 6 rings (SSSR count). The number of imide groups is 1. The van der Waals surface area contributed by atoms with Gasteiger partial charge >= 0.3 is 0 Å². The van der Waals surface area contributed by atoms with Gasteiger partial charge in [-0.1, -0.05) is 23.5 Å². The Kier molecular flexibility index (Phi) is 1.87. The van der Waals surface area contributed by atoms with Crippen molar-refractivity contribution >= 4 is 28.3 Å². The summed E-state index contributed by atoms with van der Waals surface area (Å²) in [5, 5.41) is 9.14. The molecule has 1 saturated heterocycles. The fourth-order valence-electron chi connectivity index (χ4n) is 4.52. The second-order valence-corrected chi connectivity index (χ2v) is 7.43. The maximum Gasteiger partial charge on any atom is 0.240 e. The van der Waals surface area contributed by atoms with Crippen LogP contribution in [0.15, 0.2) is 12.2 Å². The second-order valence-electron chi connectivity index (χ2n) is 6.27. The van der Waals surface area contributed by atoms with E-state index >= 15 is 0 Å². The summed E-state index contributed by atoms with van der Waals surface area (Å²) in [4.78, 5) is 26.8. The van der Waals surface area contributed by atoms with Gasteiger partial charge < -0.3 is 0 Å². The first-order valence-electron chi connectivity index (χ1n) is 7.03. The Bertz CT molecular complexity index is 646. The summed E-state index contributed by atoms with van der Waals surface area (Å²) in [7, 11) is 0. The molecule has 2 saturated carbocycles. The highest BCUT2D eigenvalue weighted by Crippen LogP contribution is 2.65. The van der Waals surface area contributed by atoms with E-state index in [-0.39, 0.29) is 35.5 Å². The molecule has 2 heterocycles. The summed E-state index contributed by atoms with van der Waals surface area (Å²) in [6.07, 6.45) is 5.55. The molecule has 2 amide bonds. The quantitative estimate of drug-likeness (QED) is 0.578. The molecule has 6 atom stereocenters. The van der Waals surface area contributed by atoms with Crippen LogP contribution in [0.2, 0.25) is 0 Å². The lowest BCUT2D eigenvalue weighted by atomic mass is 9.63. The van der Waals surface area contributed by atoms with Crippen molar-refractivity contribution in [3.63, 3.8) is 0 Å². The van der Waals surface area contributed by atoms with E-state index in [0.717, 1.165) is 5.01 Å². The summed E-state index contributed by atoms with van der Waals surface area (Å²) in [6.45, 7) is 1.83. The van der Waals surface area contributed by atoms with Crippen LogP contribution in [0.3, 0.4) is 0 Å². The van der Waals surface area contributed by atoms with Crippen LogP contribution >= 0.6 is 11.3 Å². The molecule has 3 fully saturated rings. The van der Waals surface area contributed by atoms with Crippen molar-refractivity contribution in [2.24, 2.45) is 35.5 Å². The molecule has 6 heteroatoms. The van der Waals surface area contributed by atoms with Gasteiger partial charge in [0.25, 0.3) is 0 Å². The van der Waals surface area contributed by atoms with Crippen molar-refractivity contribution in [2.75, 3.05) is 4.90 Å². The molecule has 0 N–H and O–H groups in total. The Balaban J connectivity index is 1.60. The van der Waals surface area contributed by atoms with Gasteiger partial charge in [-0.15, -0.1) is 10.2 Å². The fourth-order valence-corrected chi connectivity index (χ4v) is 5.22. The van der Waals surface area contributed by atoms with Gasteiger partial charge in [0.1, 0.15) is 5.01 Å². The number of aromatic nitrogens is 2. The highest BCUT2D eigenvalue weighted by molar-refractivity contribution is 7.15. The second kappa shape index (κ2) is 3.36. The third-order valence-corrected chi connectivity index (χ3v) is 6.19. The number of hydrogen-bond donors (Lipinski definition) is 0. The number of nitrogens with zero attached hydrogens (tertiary/aromatic N) is 3. The lowest BCUT2D eigenvalue weighted by Gasteiger charge is -2.37. The lowest BCUT2D eigenvalue weighted by Crippen LogP contribution is -2.40. The van der Waals surface area contributed by atoms with Crippen LogP contribution < -0.4 is 4.90 Å². The van der Waals surface area contributed by atoms with Crippen molar-refractivity contribution < 1.29 is 9.59 Å². The minimum Gasteiger partial charge on any atom is -0.274 e. The minimum absolute atomic E-state index is 0.0548. The van der Waals surface area contributed by atoms with Gasteiger partial charge in [-0.2, -0.15) is 0 Å². The molecule has 5 aliphatic rings. The van der Waals surface area contributed by atoms with Crippen molar-refractivity contribution in [3.05, 3.63) is 17.2 Å². The average Bonchev–Trinajstić information content (AvgIpc) is 3.10. The van der Waals surface area contributed by atoms with E-state index in [1.54, 1.807) is 0 Å². The third-order valence-electron chi connectivity index (χ3n) is 5.37. The number of hydrogen-bond acceptors (Lipinski definition) is 5. The molecule has 102 valence electrons. The van der Waals surface area contributed by atoms with Gasteiger partial charge in [0.2, 0.25) is 16.9 Å². The van der Waals surface area contributed by atoms with Crippen LogP contribution in [0.4, 0.5) is 5.13 Å².